The van der Waals surface area contributed by atoms with Crippen molar-refractivity contribution in [1.29, 1.82) is 0 Å². The van der Waals surface area contributed by atoms with E-state index in [0.29, 0.717) is 28.1 Å². The molecule has 0 saturated heterocycles. The average molecular weight is 458 g/mol. The van der Waals surface area contributed by atoms with Crippen LogP contribution in [0.5, 0.6) is 5.75 Å². The minimum absolute atomic E-state index is 0.0265. The molecule has 26 heavy (non-hydrogen) atoms. The van der Waals surface area contributed by atoms with Gasteiger partial charge in [-0.15, -0.1) is 0 Å². The van der Waals surface area contributed by atoms with Crippen LogP contribution in [-0.4, -0.2) is 28.7 Å². The first-order chi connectivity index (χ1) is 12.3. The standard InChI is InChI=1S/C17H14BrClN2O4S/c1-2-25-14-6-3-9(7-12(14)18)15(22)21-17(26)20-10-4-5-13(19)11(8-10)16(23)24/h3-8H,2H2,1H3,(H,23,24)(H2,20,21,22,26). The highest BCUT2D eigenvalue weighted by atomic mass is 79.9. The predicted octanol–water partition coefficient (Wildman–Crippen LogP) is 4.33. The summed E-state index contributed by atoms with van der Waals surface area (Å²) in [6.07, 6.45) is 0. The number of carboxylic acids is 1. The van der Waals surface area contributed by atoms with Crippen molar-refractivity contribution in [2.24, 2.45) is 0 Å². The van der Waals surface area contributed by atoms with Gasteiger partial charge in [0, 0.05) is 11.3 Å². The van der Waals surface area contributed by atoms with Crippen molar-refractivity contribution in [3.8, 4) is 5.75 Å². The number of carbonyl (C=O) groups excluding carboxylic acids is 1. The Morgan fingerprint density at radius 1 is 1.27 bits per heavy atom. The monoisotopic (exact) mass is 456 g/mol. The van der Waals surface area contributed by atoms with Crippen LogP contribution in [0.3, 0.4) is 0 Å². The molecule has 6 nitrogen and oxygen atoms in total. The number of amides is 1. The molecular weight excluding hydrogens is 444 g/mol. The summed E-state index contributed by atoms with van der Waals surface area (Å²) in [7, 11) is 0. The molecule has 3 N–H and O–H groups in total. The maximum atomic E-state index is 12.3. The normalized spacial score (nSPS) is 10.1. The number of halogens is 2. The Balaban J connectivity index is 2.06. The van der Waals surface area contributed by atoms with Crippen LogP contribution in [0.2, 0.25) is 5.02 Å². The first-order valence-corrected chi connectivity index (χ1v) is 8.97. The summed E-state index contributed by atoms with van der Waals surface area (Å²) in [5.41, 5.74) is 0.707. The maximum Gasteiger partial charge on any atom is 0.337 e. The number of aromatic carboxylic acids is 1. The quantitative estimate of drug-likeness (QED) is 0.579. The third-order valence-corrected chi connectivity index (χ3v) is 4.33. The molecule has 2 aromatic rings. The highest BCUT2D eigenvalue weighted by Crippen LogP contribution is 2.26. The van der Waals surface area contributed by atoms with E-state index in [-0.39, 0.29) is 15.7 Å². The molecule has 0 atom stereocenters. The number of anilines is 1. The molecule has 0 bridgehead atoms. The molecule has 0 aliphatic carbocycles. The van der Waals surface area contributed by atoms with Crippen molar-refractivity contribution in [3.63, 3.8) is 0 Å². The summed E-state index contributed by atoms with van der Waals surface area (Å²) in [6, 6.07) is 9.22. The molecule has 2 aromatic carbocycles. The number of thiocarbonyl (C=S) groups is 1. The van der Waals surface area contributed by atoms with Gasteiger partial charge in [0.15, 0.2) is 5.11 Å². The van der Waals surface area contributed by atoms with Crippen molar-refractivity contribution in [2.75, 3.05) is 11.9 Å². The van der Waals surface area contributed by atoms with E-state index >= 15 is 0 Å². The second kappa shape index (κ2) is 8.98. The molecule has 0 fully saturated rings. The van der Waals surface area contributed by atoms with Gasteiger partial charge in [-0.3, -0.25) is 10.1 Å². The topological polar surface area (TPSA) is 87.7 Å². The molecular formula is C17H14BrClN2O4S. The fraction of sp³-hybridized carbons (Fsp3) is 0.118. The molecule has 1 amide bonds. The van der Waals surface area contributed by atoms with E-state index in [4.69, 9.17) is 33.7 Å². The molecule has 0 unspecified atom stereocenters. The lowest BCUT2D eigenvalue weighted by Crippen LogP contribution is -2.34. The van der Waals surface area contributed by atoms with Gasteiger partial charge in [0.2, 0.25) is 0 Å². The molecule has 0 aliphatic rings. The number of ether oxygens (including phenoxy) is 1. The van der Waals surface area contributed by atoms with E-state index in [0.717, 1.165) is 0 Å². The van der Waals surface area contributed by atoms with Crippen LogP contribution in [0, 0.1) is 0 Å². The zero-order valence-electron chi connectivity index (χ0n) is 13.5. The van der Waals surface area contributed by atoms with E-state index in [1.165, 1.54) is 12.1 Å². The van der Waals surface area contributed by atoms with Crippen molar-refractivity contribution >= 4 is 62.4 Å². The first kappa shape index (κ1) is 20.2. The largest absolute Gasteiger partial charge is 0.493 e. The summed E-state index contributed by atoms with van der Waals surface area (Å²) in [5.74, 6) is -0.946. The van der Waals surface area contributed by atoms with Crippen LogP contribution in [-0.2, 0) is 0 Å². The van der Waals surface area contributed by atoms with Crippen molar-refractivity contribution in [1.82, 2.24) is 5.32 Å². The van der Waals surface area contributed by atoms with E-state index in [2.05, 4.69) is 26.6 Å². The number of benzene rings is 2. The summed E-state index contributed by atoms with van der Waals surface area (Å²) in [5, 5.41) is 14.5. The van der Waals surface area contributed by atoms with Crippen LogP contribution in [0.4, 0.5) is 5.69 Å². The lowest BCUT2D eigenvalue weighted by molar-refractivity contribution is 0.0697. The van der Waals surface area contributed by atoms with E-state index in [1.807, 2.05) is 6.92 Å². The summed E-state index contributed by atoms with van der Waals surface area (Å²) in [6.45, 7) is 2.38. The molecule has 0 aliphatic heterocycles. The molecule has 0 saturated carbocycles. The Bertz CT molecular complexity index is 876. The minimum atomic E-state index is -1.16. The van der Waals surface area contributed by atoms with Gasteiger partial charge in [-0.25, -0.2) is 4.79 Å². The third kappa shape index (κ3) is 5.17. The maximum absolute atomic E-state index is 12.3. The average Bonchev–Trinajstić information content (AvgIpc) is 2.58. The number of carbonyl (C=O) groups is 2. The highest BCUT2D eigenvalue weighted by Gasteiger charge is 2.13. The van der Waals surface area contributed by atoms with Gasteiger partial charge in [0.25, 0.3) is 5.91 Å². The van der Waals surface area contributed by atoms with Crippen molar-refractivity contribution in [2.45, 2.75) is 6.92 Å². The number of nitrogens with one attached hydrogen (secondary N) is 2. The van der Waals surface area contributed by atoms with Gasteiger partial charge in [0.1, 0.15) is 5.75 Å². The van der Waals surface area contributed by atoms with Crippen LogP contribution < -0.4 is 15.4 Å². The second-order valence-corrected chi connectivity index (χ2v) is 6.66. The zero-order valence-corrected chi connectivity index (χ0v) is 16.7. The summed E-state index contributed by atoms with van der Waals surface area (Å²) >= 11 is 14.3. The Morgan fingerprint density at radius 3 is 2.62 bits per heavy atom. The van der Waals surface area contributed by atoms with Crippen molar-refractivity contribution < 1.29 is 19.4 Å². The molecule has 9 heteroatoms. The molecule has 0 heterocycles. The van der Waals surface area contributed by atoms with Crippen LogP contribution in [0.25, 0.3) is 0 Å². The minimum Gasteiger partial charge on any atom is -0.493 e. The zero-order chi connectivity index (χ0) is 19.3. The van der Waals surface area contributed by atoms with Gasteiger partial charge >= 0.3 is 5.97 Å². The first-order valence-electron chi connectivity index (χ1n) is 7.39. The molecule has 2 rings (SSSR count). The Kier molecular flexibility index (Phi) is 6.96. The lowest BCUT2D eigenvalue weighted by atomic mass is 10.2. The van der Waals surface area contributed by atoms with Crippen molar-refractivity contribution in [3.05, 3.63) is 57.0 Å². The second-order valence-electron chi connectivity index (χ2n) is 4.99. The van der Waals surface area contributed by atoms with E-state index in [1.54, 1.807) is 24.3 Å². The summed E-state index contributed by atoms with van der Waals surface area (Å²) in [4.78, 5) is 23.4. The summed E-state index contributed by atoms with van der Waals surface area (Å²) < 4.78 is 6.04. The Morgan fingerprint density at radius 2 is 2.00 bits per heavy atom. The smallest absolute Gasteiger partial charge is 0.337 e. The molecule has 0 spiro atoms. The molecule has 0 radical (unpaired) electrons. The van der Waals surface area contributed by atoms with E-state index < -0.39 is 11.9 Å². The highest BCUT2D eigenvalue weighted by molar-refractivity contribution is 9.10. The number of carboxylic acid groups (broad SMARTS) is 1. The number of hydrogen-bond acceptors (Lipinski definition) is 4. The van der Waals surface area contributed by atoms with Gasteiger partial charge in [0.05, 0.1) is 21.7 Å². The van der Waals surface area contributed by atoms with E-state index in [9.17, 15) is 9.59 Å². The third-order valence-electron chi connectivity index (χ3n) is 3.18. The van der Waals surface area contributed by atoms with Crippen LogP contribution in [0.1, 0.15) is 27.6 Å². The number of hydrogen-bond donors (Lipinski definition) is 3. The molecule has 0 aromatic heterocycles. The van der Waals surface area contributed by atoms with Crippen LogP contribution >= 0.6 is 39.7 Å². The van der Waals surface area contributed by atoms with Gasteiger partial charge in [-0.2, -0.15) is 0 Å². The van der Waals surface area contributed by atoms with Gasteiger partial charge in [-0.1, -0.05) is 11.6 Å². The molecule has 136 valence electrons. The lowest BCUT2D eigenvalue weighted by Gasteiger charge is -2.12. The van der Waals surface area contributed by atoms with Gasteiger partial charge < -0.3 is 15.2 Å². The predicted molar refractivity (Wildman–Crippen MR) is 107 cm³/mol. The fourth-order valence-corrected chi connectivity index (χ4v) is 2.92. The SMILES string of the molecule is CCOc1ccc(C(=O)NC(=S)Nc2ccc(Cl)c(C(=O)O)c2)cc1Br. The van der Waals surface area contributed by atoms with Gasteiger partial charge in [-0.05, 0) is 71.5 Å². The Labute approximate surface area is 168 Å². The fourth-order valence-electron chi connectivity index (χ4n) is 2.02. The number of rotatable bonds is 5. The Hall–Kier alpha value is -2.16. The van der Waals surface area contributed by atoms with Crippen LogP contribution in [0.15, 0.2) is 40.9 Å².